The molecule has 0 atom stereocenters. The van der Waals surface area contributed by atoms with Gasteiger partial charge < -0.3 is 0 Å². The van der Waals surface area contributed by atoms with Gasteiger partial charge in [0.05, 0.1) is 19.5 Å². The lowest BCUT2D eigenvalue weighted by molar-refractivity contribution is 0.188. The molecule has 0 radical (unpaired) electrons. The van der Waals surface area contributed by atoms with Crippen molar-refractivity contribution in [2.75, 3.05) is 6.26 Å². The zero-order valence-electron chi connectivity index (χ0n) is 12.6. The summed E-state index contributed by atoms with van der Waals surface area (Å²) >= 11 is 0. The molecular formula is C15H18NO5PS. The van der Waals surface area contributed by atoms with Crippen LogP contribution in [-0.4, -0.2) is 14.7 Å². The maximum absolute atomic E-state index is 12.6. The minimum absolute atomic E-state index is 0.0323. The van der Waals surface area contributed by atoms with Crippen LogP contribution < -0.4 is 4.49 Å². The third-order valence-corrected chi connectivity index (χ3v) is 5.92. The van der Waals surface area contributed by atoms with E-state index in [0.717, 1.165) is 17.4 Å². The topological polar surface area (TPSA) is 81.7 Å². The molecule has 1 N–H and O–H groups in total. The number of sulfonamides is 1. The molecule has 2 aromatic carbocycles. The first-order valence-electron chi connectivity index (χ1n) is 6.82. The van der Waals surface area contributed by atoms with Crippen molar-refractivity contribution in [3.8, 4) is 0 Å². The average molecular weight is 355 g/mol. The van der Waals surface area contributed by atoms with E-state index < -0.39 is 17.8 Å². The number of hydrogen-bond acceptors (Lipinski definition) is 5. The van der Waals surface area contributed by atoms with Crippen LogP contribution in [0.25, 0.3) is 0 Å². The van der Waals surface area contributed by atoms with E-state index in [9.17, 15) is 13.0 Å². The summed E-state index contributed by atoms with van der Waals surface area (Å²) < 4.78 is 48.0. The number of nitrogens with one attached hydrogen (secondary N) is 1. The van der Waals surface area contributed by atoms with Crippen LogP contribution in [0.5, 0.6) is 0 Å². The highest BCUT2D eigenvalue weighted by Gasteiger charge is 2.29. The van der Waals surface area contributed by atoms with E-state index in [-0.39, 0.29) is 13.2 Å². The fourth-order valence-corrected chi connectivity index (χ4v) is 4.52. The first kappa shape index (κ1) is 17.8. The van der Waals surface area contributed by atoms with Crippen molar-refractivity contribution in [1.29, 1.82) is 0 Å². The fourth-order valence-electron chi connectivity index (χ4n) is 1.76. The minimum atomic E-state index is -4.01. The van der Waals surface area contributed by atoms with Gasteiger partial charge in [-0.3, -0.25) is 9.05 Å². The minimum Gasteiger partial charge on any atom is -0.291 e. The second-order valence-corrected chi connectivity index (χ2v) is 8.66. The third-order valence-electron chi connectivity index (χ3n) is 2.77. The van der Waals surface area contributed by atoms with Crippen molar-refractivity contribution in [3.05, 3.63) is 71.8 Å². The lowest BCUT2D eigenvalue weighted by Crippen LogP contribution is -2.21. The normalized spacial score (nSPS) is 12.2. The van der Waals surface area contributed by atoms with Gasteiger partial charge in [0, 0.05) is 0 Å². The predicted molar refractivity (Wildman–Crippen MR) is 88.0 cm³/mol. The highest BCUT2D eigenvalue weighted by Crippen LogP contribution is 2.46. The van der Waals surface area contributed by atoms with Crippen LogP contribution in [0.3, 0.4) is 0 Å². The predicted octanol–water partition coefficient (Wildman–Crippen LogP) is 3.08. The second kappa shape index (κ2) is 7.86. The van der Waals surface area contributed by atoms with E-state index in [1.807, 2.05) is 16.6 Å². The van der Waals surface area contributed by atoms with E-state index in [1.54, 1.807) is 48.5 Å². The van der Waals surface area contributed by atoms with Crippen molar-refractivity contribution >= 4 is 17.8 Å². The van der Waals surface area contributed by atoms with Crippen LogP contribution in [0.1, 0.15) is 11.1 Å². The molecular weight excluding hydrogens is 337 g/mol. The SMILES string of the molecule is CS(=O)(=O)NP(=O)(OCc1ccccc1)OCc1ccccc1. The molecule has 2 rings (SSSR count). The Morgan fingerprint density at radius 1 is 0.870 bits per heavy atom. The van der Waals surface area contributed by atoms with Crippen molar-refractivity contribution in [2.24, 2.45) is 0 Å². The molecule has 0 aromatic heterocycles. The van der Waals surface area contributed by atoms with E-state index in [2.05, 4.69) is 0 Å². The van der Waals surface area contributed by atoms with E-state index >= 15 is 0 Å². The molecule has 124 valence electrons. The molecule has 0 aliphatic rings. The molecule has 0 saturated carbocycles. The molecule has 0 aliphatic heterocycles. The Balaban J connectivity index is 2.07. The van der Waals surface area contributed by atoms with Crippen molar-refractivity contribution in [1.82, 2.24) is 4.49 Å². The molecule has 0 amide bonds. The van der Waals surface area contributed by atoms with Crippen LogP contribution >= 0.6 is 7.75 Å². The molecule has 0 aliphatic carbocycles. The molecule has 2 aromatic rings. The quantitative estimate of drug-likeness (QED) is 0.736. The van der Waals surface area contributed by atoms with Crippen LogP contribution in [0, 0.1) is 0 Å². The first-order valence-corrected chi connectivity index (χ1v) is 10.3. The van der Waals surface area contributed by atoms with Crippen LogP contribution in [0.2, 0.25) is 0 Å². The fraction of sp³-hybridized carbons (Fsp3) is 0.200. The van der Waals surface area contributed by atoms with Gasteiger partial charge in [0.1, 0.15) is 0 Å². The Morgan fingerprint density at radius 2 is 1.26 bits per heavy atom. The van der Waals surface area contributed by atoms with Gasteiger partial charge in [-0.05, 0) is 11.1 Å². The van der Waals surface area contributed by atoms with Crippen LogP contribution in [0.4, 0.5) is 0 Å². The highest BCUT2D eigenvalue weighted by atomic mass is 32.2. The van der Waals surface area contributed by atoms with E-state index in [0.29, 0.717) is 0 Å². The third kappa shape index (κ3) is 6.64. The molecule has 0 fully saturated rings. The van der Waals surface area contributed by atoms with Gasteiger partial charge in [0.25, 0.3) is 0 Å². The molecule has 0 spiro atoms. The Hall–Kier alpha value is -1.50. The Bertz CT molecular complexity index is 717. The molecule has 0 bridgehead atoms. The standard InChI is InChI=1S/C15H18NO5PS/c1-23(18,19)16-22(17,20-12-14-8-4-2-5-9-14)21-13-15-10-6-3-7-11-15/h2-11H,12-13H2,1H3,(H,16,17). The van der Waals surface area contributed by atoms with Crippen LogP contribution in [0.15, 0.2) is 60.7 Å². The smallest absolute Gasteiger partial charge is 0.291 e. The maximum atomic E-state index is 12.6. The van der Waals surface area contributed by atoms with Gasteiger partial charge in [-0.2, -0.15) is 0 Å². The van der Waals surface area contributed by atoms with Crippen LogP contribution in [-0.2, 0) is 36.8 Å². The van der Waals surface area contributed by atoms with E-state index in [1.165, 1.54) is 0 Å². The molecule has 6 nitrogen and oxygen atoms in total. The highest BCUT2D eigenvalue weighted by molar-refractivity contribution is 7.94. The largest absolute Gasteiger partial charge is 0.419 e. The summed E-state index contributed by atoms with van der Waals surface area (Å²) in [5.74, 6) is 0. The molecule has 0 heterocycles. The Morgan fingerprint density at radius 3 is 1.61 bits per heavy atom. The van der Waals surface area contributed by atoms with Crippen molar-refractivity contribution in [3.63, 3.8) is 0 Å². The van der Waals surface area contributed by atoms with Gasteiger partial charge in [0.2, 0.25) is 10.0 Å². The summed E-state index contributed by atoms with van der Waals surface area (Å²) in [6, 6.07) is 18.0. The van der Waals surface area contributed by atoms with Crippen molar-refractivity contribution < 1.29 is 22.0 Å². The lowest BCUT2D eigenvalue weighted by atomic mass is 10.2. The molecule has 0 unspecified atom stereocenters. The zero-order valence-corrected chi connectivity index (χ0v) is 14.3. The second-order valence-electron chi connectivity index (χ2n) is 4.88. The average Bonchev–Trinajstić information content (AvgIpc) is 2.52. The summed E-state index contributed by atoms with van der Waals surface area (Å²) in [6.07, 6.45) is 0.900. The number of benzene rings is 2. The van der Waals surface area contributed by atoms with Gasteiger partial charge in [-0.15, -0.1) is 4.49 Å². The number of rotatable bonds is 8. The van der Waals surface area contributed by atoms with Crippen molar-refractivity contribution in [2.45, 2.75) is 13.2 Å². The summed E-state index contributed by atoms with van der Waals surface area (Å²) in [5, 5.41) is 0. The first-order chi connectivity index (χ1) is 10.9. The van der Waals surface area contributed by atoms with E-state index in [4.69, 9.17) is 9.05 Å². The molecule has 0 saturated heterocycles. The molecule has 23 heavy (non-hydrogen) atoms. The summed E-state index contributed by atoms with van der Waals surface area (Å²) in [4.78, 5) is 0. The molecule has 8 heteroatoms. The Kier molecular flexibility index (Phi) is 6.10. The van der Waals surface area contributed by atoms with Gasteiger partial charge >= 0.3 is 7.75 Å². The van der Waals surface area contributed by atoms with Gasteiger partial charge in [-0.1, -0.05) is 60.7 Å². The summed E-state index contributed by atoms with van der Waals surface area (Å²) in [7, 11) is -7.76. The lowest BCUT2D eigenvalue weighted by Gasteiger charge is -2.18. The number of hydrogen-bond donors (Lipinski definition) is 1. The summed E-state index contributed by atoms with van der Waals surface area (Å²) in [6.45, 7) is -0.0646. The van der Waals surface area contributed by atoms with Gasteiger partial charge in [-0.25, -0.2) is 13.0 Å². The monoisotopic (exact) mass is 355 g/mol. The van der Waals surface area contributed by atoms with Gasteiger partial charge in [0.15, 0.2) is 0 Å². The summed E-state index contributed by atoms with van der Waals surface area (Å²) in [5.41, 5.74) is 1.51. The Labute approximate surface area is 136 Å². The maximum Gasteiger partial charge on any atom is 0.419 e. The zero-order chi connectivity index (χ0) is 16.8.